The lowest BCUT2D eigenvalue weighted by molar-refractivity contribution is -0.139. The monoisotopic (exact) mass is 481 g/mol. The molecule has 3 rings (SSSR count). The maximum Gasteiger partial charge on any atom is 0.333 e. The van der Waals surface area contributed by atoms with E-state index < -0.39 is 0 Å². The van der Waals surface area contributed by atoms with Crippen molar-refractivity contribution in [1.29, 1.82) is 0 Å². The van der Waals surface area contributed by atoms with Crippen molar-refractivity contribution in [3.05, 3.63) is 95.8 Å². The van der Waals surface area contributed by atoms with Crippen LogP contribution in [0.4, 0.5) is 11.4 Å². The maximum absolute atomic E-state index is 11.3. The van der Waals surface area contributed by atoms with E-state index in [2.05, 4.69) is 33.6 Å². The van der Waals surface area contributed by atoms with Crippen LogP contribution in [0, 0.1) is 18.8 Å². The molecule has 36 heavy (non-hydrogen) atoms. The molecule has 0 fully saturated rings. The Morgan fingerprint density at radius 1 is 0.944 bits per heavy atom. The van der Waals surface area contributed by atoms with E-state index in [0.717, 1.165) is 59.5 Å². The Morgan fingerprint density at radius 2 is 1.67 bits per heavy atom. The number of rotatable bonds is 11. The van der Waals surface area contributed by atoms with Crippen LogP contribution >= 0.6 is 0 Å². The Balaban J connectivity index is 1.39. The van der Waals surface area contributed by atoms with E-state index in [0.29, 0.717) is 18.8 Å². The number of carbonyl (C=O) groups excluding carboxylic acids is 1. The van der Waals surface area contributed by atoms with Crippen LogP contribution in [0.3, 0.4) is 0 Å². The summed E-state index contributed by atoms with van der Waals surface area (Å²) in [5, 5.41) is 8.67. The minimum Gasteiger partial charge on any atom is -0.494 e. The fourth-order valence-electron chi connectivity index (χ4n) is 3.19. The van der Waals surface area contributed by atoms with E-state index in [1.54, 1.807) is 19.3 Å². The third-order valence-corrected chi connectivity index (χ3v) is 5.22. The lowest BCUT2D eigenvalue weighted by Gasteiger charge is -2.07. The fraction of sp³-hybridized carbons (Fsp3) is 0.267. The van der Waals surface area contributed by atoms with Crippen LogP contribution in [0.1, 0.15) is 49.3 Å². The van der Waals surface area contributed by atoms with Gasteiger partial charge >= 0.3 is 5.97 Å². The second kappa shape index (κ2) is 14.2. The molecule has 0 saturated carbocycles. The summed E-state index contributed by atoms with van der Waals surface area (Å²) in [7, 11) is 0. The second-order valence-electron chi connectivity index (χ2n) is 8.36. The summed E-state index contributed by atoms with van der Waals surface area (Å²) in [6.07, 6.45) is 7.28. The SMILES string of the molecule is C=C(C)C(=O)OCCCCCCOc1ccc(/N=N/c2ccc(C#Cc3cccnc3)c(C)c2)cc1. The van der Waals surface area contributed by atoms with Crippen LogP contribution in [0.2, 0.25) is 0 Å². The number of pyridine rings is 1. The van der Waals surface area contributed by atoms with E-state index in [-0.39, 0.29) is 5.97 Å². The largest absolute Gasteiger partial charge is 0.494 e. The number of benzene rings is 2. The number of hydrogen-bond donors (Lipinski definition) is 0. The van der Waals surface area contributed by atoms with Gasteiger partial charge in [0.25, 0.3) is 0 Å². The molecule has 0 amide bonds. The Morgan fingerprint density at radius 3 is 2.36 bits per heavy atom. The third-order valence-electron chi connectivity index (χ3n) is 5.22. The highest BCUT2D eigenvalue weighted by Gasteiger charge is 2.02. The van der Waals surface area contributed by atoms with E-state index >= 15 is 0 Å². The first-order valence-electron chi connectivity index (χ1n) is 12.0. The van der Waals surface area contributed by atoms with Gasteiger partial charge in [0, 0.05) is 29.1 Å². The molecule has 184 valence electrons. The van der Waals surface area contributed by atoms with Crippen LogP contribution in [-0.2, 0) is 9.53 Å². The first-order valence-corrected chi connectivity index (χ1v) is 12.0. The van der Waals surface area contributed by atoms with Crippen molar-refractivity contribution >= 4 is 17.3 Å². The van der Waals surface area contributed by atoms with Crippen LogP contribution < -0.4 is 4.74 Å². The van der Waals surface area contributed by atoms with Gasteiger partial charge in [-0.05, 0) is 99.7 Å². The lowest BCUT2D eigenvalue weighted by atomic mass is 10.1. The van der Waals surface area contributed by atoms with Crippen LogP contribution in [-0.4, -0.2) is 24.2 Å². The van der Waals surface area contributed by atoms with Crippen molar-refractivity contribution < 1.29 is 14.3 Å². The van der Waals surface area contributed by atoms with E-state index in [1.165, 1.54) is 0 Å². The summed E-state index contributed by atoms with van der Waals surface area (Å²) >= 11 is 0. The van der Waals surface area contributed by atoms with E-state index in [1.807, 2.05) is 61.5 Å². The van der Waals surface area contributed by atoms with Gasteiger partial charge in [-0.15, -0.1) is 0 Å². The molecule has 0 aliphatic heterocycles. The number of esters is 1. The number of aromatic nitrogens is 1. The van der Waals surface area contributed by atoms with Crippen molar-refractivity contribution in [1.82, 2.24) is 4.98 Å². The Bertz CT molecular complexity index is 1240. The second-order valence-corrected chi connectivity index (χ2v) is 8.36. The maximum atomic E-state index is 11.3. The number of unbranched alkanes of at least 4 members (excludes halogenated alkanes) is 3. The number of ether oxygens (including phenoxy) is 2. The number of hydrogen-bond acceptors (Lipinski definition) is 6. The van der Waals surface area contributed by atoms with Crippen molar-refractivity contribution in [2.75, 3.05) is 13.2 Å². The van der Waals surface area contributed by atoms with Crippen molar-refractivity contribution in [2.45, 2.75) is 39.5 Å². The summed E-state index contributed by atoms with van der Waals surface area (Å²) in [5.74, 6) is 6.78. The topological polar surface area (TPSA) is 73.1 Å². The van der Waals surface area contributed by atoms with Gasteiger partial charge in [0.1, 0.15) is 5.75 Å². The zero-order chi connectivity index (χ0) is 25.6. The summed E-state index contributed by atoms with van der Waals surface area (Å²) in [5.41, 5.74) is 4.83. The molecule has 0 N–H and O–H groups in total. The summed E-state index contributed by atoms with van der Waals surface area (Å²) in [6.45, 7) is 8.30. The van der Waals surface area contributed by atoms with Gasteiger partial charge in [0.15, 0.2) is 0 Å². The molecule has 0 unspecified atom stereocenters. The smallest absolute Gasteiger partial charge is 0.333 e. The van der Waals surface area contributed by atoms with Gasteiger partial charge in [0.05, 0.1) is 24.6 Å². The summed E-state index contributed by atoms with van der Waals surface area (Å²) < 4.78 is 10.9. The molecule has 3 aromatic rings. The molecular weight excluding hydrogens is 450 g/mol. The molecule has 0 bridgehead atoms. The highest BCUT2D eigenvalue weighted by Crippen LogP contribution is 2.23. The Kier molecular flexibility index (Phi) is 10.4. The van der Waals surface area contributed by atoms with E-state index in [4.69, 9.17) is 9.47 Å². The molecule has 1 heterocycles. The van der Waals surface area contributed by atoms with Crippen molar-refractivity contribution in [2.24, 2.45) is 10.2 Å². The zero-order valence-electron chi connectivity index (χ0n) is 20.9. The average Bonchev–Trinajstić information content (AvgIpc) is 2.89. The highest BCUT2D eigenvalue weighted by atomic mass is 16.5. The summed E-state index contributed by atoms with van der Waals surface area (Å²) in [4.78, 5) is 15.4. The number of nitrogens with zero attached hydrogens (tertiary/aromatic N) is 3. The number of aryl methyl sites for hydroxylation is 1. The van der Waals surface area contributed by atoms with Gasteiger partial charge in [-0.1, -0.05) is 18.4 Å². The van der Waals surface area contributed by atoms with Gasteiger partial charge in [0.2, 0.25) is 0 Å². The quantitative estimate of drug-likeness (QED) is 0.0949. The predicted molar refractivity (Wildman–Crippen MR) is 142 cm³/mol. The molecule has 0 saturated heterocycles. The molecule has 0 atom stereocenters. The molecule has 0 radical (unpaired) electrons. The third kappa shape index (κ3) is 9.19. The first kappa shape index (κ1) is 26.4. The zero-order valence-corrected chi connectivity index (χ0v) is 20.9. The van der Waals surface area contributed by atoms with Crippen molar-refractivity contribution in [3.63, 3.8) is 0 Å². The normalized spacial score (nSPS) is 10.5. The van der Waals surface area contributed by atoms with Crippen LogP contribution in [0.25, 0.3) is 0 Å². The Labute approximate surface area is 213 Å². The minimum atomic E-state index is -0.322. The molecule has 2 aromatic carbocycles. The average molecular weight is 482 g/mol. The Hall–Kier alpha value is -4.24. The molecule has 1 aromatic heterocycles. The number of carbonyl (C=O) groups is 1. The van der Waals surface area contributed by atoms with Gasteiger partial charge in [-0.25, -0.2) is 4.79 Å². The lowest BCUT2D eigenvalue weighted by Crippen LogP contribution is -2.06. The minimum absolute atomic E-state index is 0.322. The number of azo groups is 1. The van der Waals surface area contributed by atoms with Crippen molar-refractivity contribution in [3.8, 4) is 17.6 Å². The fourth-order valence-corrected chi connectivity index (χ4v) is 3.19. The molecule has 0 aliphatic carbocycles. The van der Waals surface area contributed by atoms with Gasteiger partial charge in [-0.3, -0.25) is 4.98 Å². The highest BCUT2D eigenvalue weighted by molar-refractivity contribution is 5.86. The molecule has 0 aliphatic rings. The summed E-state index contributed by atoms with van der Waals surface area (Å²) in [6, 6.07) is 17.2. The standard InChI is InChI=1S/C30H31N3O3/c1-23(2)30(34)36-20-7-5-4-6-19-35-29-16-14-27(15-17-29)32-33-28-13-12-26(24(3)21-28)11-10-25-9-8-18-31-22-25/h8-9,12-18,21-22H,1,4-7,19-20H2,2-3H3/b33-32+. The molecular formula is C30H31N3O3. The van der Waals surface area contributed by atoms with Crippen LogP contribution in [0.5, 0.6) is 5.75 Å². The molecule has 0 spiro atoms. The van der Waals surface area contributed by atoms with Crippen LogP contribution in [0.15, 0.2) is 89.4 Å². The van der Waals surface area contributed by atoms with Gasteiger partial charge < -0.3 is 9.47 Å². The molecule has 6 heteroatoms. The van der Waals surface area contributed by atoms with E-state index in [9.17, 15) is 4.79 Å². The first-order chi connectivity index (χ1) is 17.5. The molecule has 6 nitrogen and oxygen atoms in total. The predicted octanol–water partition coefficient (Wildman–Crippen LogP) is 7.26. The van der Waals surface area contributed by atoms with Gasteiger partial charge in [-0.2, -0.15) is 10.2 Å².